The van der Waals surface area contributed by atoms with Crippen molar-refractivity contribution in [1.82, 2.24) is 14.6 Å². The van der Waals surface area contributed by atoms with E-state index in [1.54, 1.807) is 7.11 Å². The molecule has 0 fully saturated rings. The molecule has 0 aliphatic carbocycles. The summed E-state index contributed by atoms with van der Waals surface area (Å²) in [4.78, 5) is 4.72. The highest BCUT2D eigenvalue weighted by Crippen LogP contribution is 2.25. The van der Waals surface area contributed by atoms with Crippen LogP contribution in [0.3, 0.4) is 0 Å². The highest BCUT2D eigenvalue weighted by molar-refractivity contribution is 5.56. The van der Waals surface area contributed by atoms with E-state index in [1.807, 2.05) is 23.6 Å². The Labute approximate surface area is 142 Å². The van der Waals surface area contributed by atoms with Gasteiger partial charge in [-0.1, -0.05) is 19.1 Å². The third kappa shape index (κ3) is 2.94. The summed E-state index contributed by atoms with van der Waals surface area (Å²) in [5, 5.41) is 8.21. The van der Waals surface area contributed by atoms with Crippen LogP contribution in [0, 0.1) is 13.8 Å². The summed E-state index contributed by atoms with van der Waals surface area (Å²) in [6, 6.07) is 10.3. The highest BCUT2D eigenvalue weighted by Gasteiger charge is 2.14. The van der Waals surface area contributed by atoms with Crippen molar-refractivity contribution in [3.63, 3.8) is 0 Å². The standard InChI is InChI=1S/C19H24N4O/c1-6-16-11-18(23-19(21-16)12(2)13(3)22-23)20-14(4)15-8-7-9-17(10-15)24-5/h7-11,14,20H,6H2,1-5H3/t14-/m0/s1. The summed E-state index contributed by atoms with van der Waals surface area (Å²) in [7, 11) is 1.69. The van der Waals surface area contributed by atoms with E-state index in [-0.39, 0.29) is 6.04 Å². The second kappa shape index (κ2) is 6.51. The Balaban J connectivity index is 2.00. The quantitative estimate of drug-likeness (QED) is 0.768. The van der Waals surface area contributed by atoms with E-state index in [0.29, 0.717) is 0 Å². The van der Waals surface area contributed by atoms with E-state index in [9.17, 15) is 0 Å². The van der Waals surface area contributed by atoms with Gasteiger partial charge >= 0.3 is 0 Å². The fraction of sp³-hybridized carbons (Fsp3) is 0.368. The largest absolute Gasteiger partial charge is 0.497 e. The van der Waals surface area contributed by atoms with Gasteiger partial charge in [-0.25, -0.2) is 4.98 Å². The molecule has 1 N–H and O–H groups in total. The van der Waals surface area contributed by atoms with E-state index >= 15 is 0 Å². The molecule has 3 rings (SSSR count). The summed E-state index contributed by atoms with van der Waals surface area (Å²) < 4.78 is 7.23. The van der Waals surface area contributed by atoms with Crippen LogP contribution in [0.15, 0.2) is 30.3 Å². The fourth-order valence-corrected chi connectivity index (χ4v) is 2.78. The Morgan fingerprint density at radius 1 is 1.25 bits per heavy atom. The number of anilines is 1. The maximum absolute atomic E-state index is 5.33. The molecule has 0 radical (unpaired) electrons. The highest BCUT2D eigenvalue weighted by atomic mass is 16.5. The molecule has 0 aliphatic heterocycles. The lowest BCUT2D eigenvalue weighted by Crippen LogP contribution is -2.12. The molecule has 5 heteroatoms. The molecule has 0 unspecified atom stereocenters. The Bertz CT molecular complexity index is 869. The first-order valence-corrected chi connectivity index (χ1v) is 8.29. The number of fused-ring (bicyclic) bond motifs is 1. The van der Waals surface area contributed by atoms with Crippen LogP contribution in [0.5, 0.6) is 5.75 Å². The lowest BCUT2D eigenvalue weighted by molar-refractivity contribution is 0.414. The molecule has 0 amide bonds. The van der Waals surface area contributed by atoms with Gasteiger partial charge in [0, 0.05) is 17.3 Å². The number of methoxy groups -OCH3 is 1. The van der Waals surface area contributed by atoms with Gasteiger partial charge < -0.3 is 10.1 Å². The van der Waals surface area contributed by atoms with Crippen LogP contribution in [0.4, 0.5) is 5.82 Å². The number of rotatable bonds is 5. The van der Waals surface area contributed by atoms with Crippen LogP contribution in [0.2, 0.25) is 0 Å². The minimum Gasteiger partial charge on any atom is -0.497 e. The fourth-order valence-electron chi connectivity index (χ4n) is 2.78. The average molecular weight is 324 g/mol. The van der Waals surface area contributed by atoms with Gasteiger partial charge in [0.05, 0.1) is 18.8 Å². The Morgan fingerprint density at radius 3 is 2.75 bits per heavy atom. The van der Waals surface area contributed by atoms with Crippen molar-refractivity contribution in [2.45, 2.75) is 40.2 Å². The van der Waals surface area contributed by atoms with Crippen molar-refractivity contribution in [3.8, 4) is 5.75 Å². The van der Waals surface area contributed by atoms with Crippen molar-refractivity contribution in [2.24, 2.45) is 0 Å². The van der Waals surface area contributed by atoms with Crippen LogP contribution in [-0.2, 0) is 6.42 Å². The molecule has 1 atom stereocenters. The summed E-state index contributed by atoms with van der Waals surface area (Å²) in [6.45, 7) is 8.34. The second-order valence-corrected chi connectivity index (χ2v) is 6.07. The number of nitrogens with zero attached hydrogens (tertiary/aromatic N) is 3. The van der Waals surface area contributed by atoms with Gasteiger partial charge in [-0.2, -0.15) is 9.61 Å². The molecule has 126 valence electrons. The van der Waals surface area contributed by atoms with Gasteiger partial charge in [-0.15, -0.1) is 0 Å². The van der Waals surface area contributed by atoms with Crippen molar-refractivity contribution in [3.05, 3.63) is 52.8 Å². The Hall–Kier alpha value is -2.56. The summed E-state index contributed by atoms with van der Waals surface area (Å²) in [6.07, 6.45) is 0.891. The van der Waals surface area contributed by atoms with E-state index in [1.165, 1.54) is 0 Å². The number of nitrogens with one attached hydrogen (secondary N) is 1. The van der Waals surface area contributed by atoms with Crippen molar-refractivity contribution < 1.29 is 4.74 Å². The van der Waals surface area contributed by atoms with Crippen LogP contribution < -0.4 is 10.1 Å². The molecule has 1 aromatic carbocycles. The van der Waals surface area contributed by atoms with Gasteiger partial charge in [0.1, 0.15) is 11.6 Å². The van der Waals surface area contributed by atoms with Gasteiger partial charge in [0.2, 0.25) is 0 Å². The first-order valence-electron chi connectivity index (χ1n) is 8.29. The zero-order valence-electron chi connectivity index (χ0n) is 14.9. The Morgan fingerprint density at radius 2 is 2.04 bits per heavy atom. The van der Waals surface area contributed by atoms with E-state index < -0.39 is 0 Å². The number of hydrogen-bond donors (Lipinski definition) is 1. The molecule has 0 spiro atoms. The molecular weight excluding hydrogens is 300 g/mol. The van der Waals surface area contributed by atoms with Crippen LogP contribution >= 0.6 is 0 Å². The van der Waals surface area contributed by atoms with Crippen molar-refractivity contribution >= 4 is 11.5 Å². The lowest BCUT2D eigenvalue weighted by Gasteiger charge is -2.18. The lowest BCUT2D eigenvalue weighted by atomic mass is 10.1. The number of benzene rings is 1. The zero-order chi connectivity index (χ0) is 17.3. The summed E-state index contributed by atoms with van der Waals surface area (Å²) >= 11 is 0. The van der Waals surface area contributed by atoms with Gasteiger partial charge in [0.15, 0.2) is 5.65 Å². The molecule has 2 heterocycles. The molecule has 0 aliphatic rings. The molecule has 0 saturated carbocycles. The van der Waals surface area contributed by atoms with Gasteiger partial charge in [0.25, 0.3) is 0 Å². The zero-order valence-corrected chi connectivity index (χ0v) is 14.9. The second-order valence-electron chi connectivity index (χ2n) is 6.07. The summed E-state index contributed by atoms with van der Waals surface area (Å²) in [5.41, 5.74) is 5.28. The topological polar surface area (TPSA) is 51.5 Å². The molecule has 2 aromatic heterocycles. The minimum atomic E-state index is 0.125. The maximum Gasteiger partial charge on any atom is 0.160 e. The van der Waals surface area contributed by atoms with Crippen LogP contribution in [-0.4, -0.2) is 21.7 Å². The number of aromatic nitrogens is 3. The smallest absolute Gasteiger partial charge is 0.160 e. The third-order valence-corrected chi connectivity index (χ3v) is 4.43. The molecule has 0 bridgehead atoms. The monoisotopic (exact) mass is 324 g/mol. The molecule has 0 saturated heterocycles. The first-order chi connectivity index (χ1) is 11.5. The third-order valence-electron chi connectivity index (χ3n) is 4.43. The predicted octanol–water partition coefficient (Wildman–Crippen LogP) is 4.09. The maximum atomic E-state index is 5.33. The molecule has 3 aromatic rings. The van der Waals surface area contributed by atoms with Gasteiger partial charge in [-0.3, -0.25) is 0 Å². The SMILES string of the molecule is CCc1cc(N[C@@H](C)c2cccc(OC)c2)n2nc(C)c(C)c2n1. The molecular formula is C19H24N4O. The normalized spacial score (nSPS) is 12.4. The van der Waals surface area contributed by atoms with E-state index in [2.05, 4.69) is 49.4 Å². The number of hydrogen-bond acceptors (Lipinski definition) is 4. The predicted molar refractivity (Wildman–Crippen MR) is 96.9 cm³/mol. The van der Waals surface area contributed by atoms with Crippen LogP contribution in [0.25, 0.3) is 5.65 Å². The summed E-state index contributed by atoms with van der Waals surface area (Å²) in [5.74, 6) is 1.82. The van der Waals surface area contributed by atoms with E-state index in [4.69, 9.17) is 9.72 Å². The van der Waals surface area contributed by atoms with Crippen LogP contribution in [0.1, 0.15) is 42.4 Å². The number of aryl methyl sites for hydroxylation is 3. The van der Waals surface area contributed by atoms with Gasteiger partial charge in [-0.05, 0) is 44.9 Å². The van der Waals surface area contributed by atoms with Crippen molar-refractivity contribution in [1.29, 1.82) is 0 Å². The molecule has 24 heavy (non-hydrogen) atoms. The minimum absolute atomic E-state index is 0.125. The average Bonchev–Trinajstić information content (AvgIpc) is 2.90. The van der Waals surface area contributed by atoms with E-state index in [0.717, 1.165) is 46.2 Å². The molecule has 5 nitrogen and oxygen atoms in total. The first kappa shape index (κ1) is 16.3. The number of ether oxygens (including phenoxy) is 1. The van der Waals surface area contributed by atoms with Crippen molar-refractivity contribution in [2.75, 3.05) is 12.4 Å². The Kier molecular flexibility index (Phi) is 4.42.